The molecule has 0 saturated carbocycles. The van der Waals surface area contributed by atoms with E-state index in [-0.39, 0.29) is 34.4 Å². The quantitative estimate of drug-likeness (QED) is 0.762. The Morgan fingerprint density at radius 2 is 1.86 bits per heavy atom. The highest BCUT2D eigenvalue weighted by Crippen LogP contribution is 2.23. The van der Waals surface area contributed by atoms with Crippen LogP contribution in [-0.2, 0) is 14.8 Å². The highest BCUT2D eigenvalue weighted by atomic mass is 32.2. The molecule has 118 valence electrons. The molecule has 0 aliphatic rings. The van der Waals surface area contributed by atoms with Crippen LogP contribution in [0.5, 0.6) is 0 Å². The van der Waals surface area contributed by atoms with E-state index in [4.69, 9.17) is 5.73 Å². The zero-order chi connectivity index (χ0) is 16.3. The topological polar surface area (TPSA) is 101 Å². The lowest BCUT2D eigenvalue weighted by molar-refractivity contribution is -0.117. The first-order chi connectivity index (χ1) is 9.58. The molecule has 0 aliphatic carbocycles. The summed E-state index contributed by atoms with van der Waals surface area (Å²) in [6, 6.07) is 5.93. The Kier molecular flexibility index (Phi) is 5.49. The van der Waals surface area contributed by atoms with Gasteiger partial charge in [-0.2, -0.15) is 0 Å². The molecule has 0 radical (unpaired) electrons. The number of rotatable bonds is 5. The van der Waals surface area contributed by atoms with Gasteiger partial charge in [-0.1, -0.05) is 32.9 Å². The number of hydrogen-bond acceptors (Lipinski definition) is 4. The van der Waals surface area contributed by atoms with E-state index in [1.165, 1.54) is 13.1 Å². The first-order valence-corrected chi connectivity index (χ1v) is 8.14. The Labute approximate surface area is 126 Å². The molecule has 0 aromatic heterocycles. The fourth-order valence-corrected chi connectivity index (χ4v) is 2.51. The van der Waals surface area contributed by atoms with Gasteiger partial charge in [0.15, 0.2) is 0 Å². The average molecular weight is 313 g/mol. The van der Waals surface area contributed by atoms with E-state index in [1.807, 2.05) is 20.8 Å². The van der Waals surface area contributed by atoms with Crippen molar-refractivity contribution in [1.29, 1.82) is 0 Å². The highest BCUT2D eigenvalue weighted by molar-refractivity contribution is 7.89. The molecule has 0 aliphatic heterocycles. The van der Waals surface area contributed by atoms with E-state index < -0.39 is 10.0 Å². The number of anilines is 1. The molecule has 0 fully saturated rings. The van der Waals surface area contributed by atoms with Crippen LogP contribution < -0.4 is 15.8 Å². The van der Waals surface area contributed by atoms with Gasteiger partial charge in [0.2, 0.25) is 15.9 Å². The smallest absolute Gasteiger partial charge is 0.242 e. The molecule has 0 bridgehead atoms. The monoisotopic (exact) mass is 313 g/mol. The third-order valence-corrected chi connectivity index (χ3v) is 4.71. The first-order valence-electron chi connectivity index (χ1n) is 6.66. The summed E-state index contributed by atoms with van der Waals surface area (Å²) in [4.78, 5) is 12.1. The van der Waals surface area contributed by atoms with Crippen LogP contribution in [-0.4, -0.2) is 27.4 Å². The molecule has 1 atom stereocenters. The van der Waals surface area contributed by atoms with E-state index >= 15 is 0 Å². The van der Waals surface area contributed by atoms with Gasteiger partial charge < -0.3 is 11.1 Å². The summed E-state index contributed by atoms with van der Waals surface area (Å²) in [5.74, 6) is -0.309. The maximum absolute atomic E-state index is 12.0. The van der Waals surface area contributed by atoms with Gasteiger partial charge in [-0.25, -0.2) is 13.1 Å². The van der Waals surface area contributed by atoms with Crippen molar-refractivity contribution in [3.63, 3.8) is 0 Å². The number of para-hydroxylation sites is 1. The number of carbonyl (C=O) groups is 1. The molecule has 1 rings (SSSR count). The van der Waals surface area contributed by atoms with Gasteiger partial charge in [0.1, 0.15) is 4.90 Å². The van der Waals surface area contributed by atoms with Crippen molar-refractivity contribution in [2.24, 2.45) is 11.1 Å². The number of benzene rings is 1. The Balaban J connectivity index is 2.92. The molecule has 1 aromatic carbocycles. The minimum Gasteiger partial charge on any atom is -0.327 e. The van der Waals surface area contributed by atoms with Crippen LogP contribution >= 0.6 is 0 Å². The van der Waals surface area contributed by atoms with Crippen molar-refractivity contribution >= 4 is 21.6 Å². The van der Waals surface area contributed by atoms with Crippen molar-refractivity contribution < 1.29 is 13.2 Å². The summed E-state index contributed by atoms with van der Waals surface area (Å²) in [5.41, 5.74) is 6.01. The molecular formula is C14H23N3O3S. The number of hydrogen-bond donors (Lipinski definition) is 3. The highest BCUT2D eigenvalue weighted by Gasteiger charge is 2.24. The minimum absolute atomic E-state index is 0.0326. The van der Waals surface area contributed by atoms with Crippen LogP contribution in [0, 0.1) is 5.41 Å². The molecule has 0 heterocycles. The number of carbonyl (C=O) groups excluding carboxylic acids is 1. The van der Waals surface area contributed by atoms with Crippen LogP contribution in [0.3, 0.4) is 0 Å². The molecule has 7 heteroatoms. The van der Waals surface area contributed by atoms with Gasteiger partial charge in [0.05, 0.1) is 5.69 Å². The SMILES string of the molecule is CNS(=O)(=O)c1ccccc1NC(=O)CC(N)C(C)(C)C. The Morgan fingerprint density at radius 3 is 2.38 bits per heavy atom. The largest absolute Gasteiger partial charge is 0.327 e. The van der Waals surface area contributed by atoms with Gasteiger partial charge >= 0.3 is 0 Å². The number of nitrogens with two attached hydrogens (primary N) is 1. The van der Waals surface area contributed by atoms with E-state index in [2.05, 4.69) is 10.0 Å². The van der Waals surface area contributed by atoms with Crippen LogP contribution in [0.25, 0.3) is 0 Å². The lowest BCUT2D eigenvalue weighted by Gasteiger charge is -2.26. The van der Waals surface area contributed by atoms with Crippen molar-refractivity contribution in [2.45, 2.75) is 38.1 Å². The third kappa shape index (κ3) is 4.80. The normalized spacial score (nSPS) is 13.8. The molecule has 0 saturated heterocycles. The third-order valence-electron chi connectivity index (χ3n) is 3.24. The summed E-state index contributed by atoms with van der Waals surface area (Å²) >= 11 is 0. The standard InChI is InChI=1S/C14H23N3O3S/c1-14(2,3)12(15)9-13(18)17-10-7-5-6-8-11(10)21(19,20)16-4/h5-8,12,16H,9,15H2,1-4H3,(H,17,18). The molecule has 4 N–H and O–H groups in total. The van der Waals surface area contributed by atoms with Gasteiger partial charge in [0, 0.05) is 12.5 Å². The Bertz CT molecular complexity index is 606. The number of amides is 1. The van der Waals surface area contributed by atoms with Gasteiger partial charge in [-0.05, 0) is 24.6 Å². The van der Waals surface area contributed by atoms with Gasteiger partial charge in [0.25, 0.3) is 0 Å². The summed E-state index contributed by atoms with van der Waals surface area (Å²) in [7, 11) is -2.30. The van der Waals surface area contributed by atoms with Crippen LogP contribution in [0.4, 0.5) is 5.69 Å². The molecule has 21 heavy (non-hydrogen) atoms. The van der Waals surface area contributed by atoms with Crippen LogP contribution in [0.1, 0.15) is 27.2 Å². The zero-order valence-electron chi connectivity index (χ0n) is 12.8. The fourth-order valence-electron chi connectivity index (χ4n) is 1.62. The average Bonchev–Trinajstić information content (AvgIpc) is 2.37. The van der Waals surface area contributed by atoms with Gasteiger partial charge in [-0.15, -0.1) is 0 Å². The van der Waals surface area contributed by atoms with E-state index in [0.29, 0.717) is 0 Å². The van der Waals surface area contributed by atoms with Crippen molar-refractivity contribution in [3.8, 4) is 0 Å². The van der Waals surface area contributed by atoms with E-state index in [0.717, 1.165) is 0 Å². The number of nitrogens with one attached hydrogen (secondary N) is 2. The lowest BCUT2D eigenvalue weighted by atomic mass is 9.85. The van der Waals surface area contributed by atoms with Crippen molar-refractivity contribution in [2.75, 3.05) is 12.4 Å². The maximum atomic E-state index is 12.0. The molecule has 6 nitrogen and oxygen atoms in total. The predicted molar refractivity (Wildman–Crippen MR) is 83.4 cm³/mol. The Morgan fingerprint density at radius 1 is 1.29 bits per heavy atom. The second-order valence-electron chi connectivity index (χ2n) is 5.93. The van der Waals surface area contributed by atoms with E-state index in [1.54, 1.807) is 18.2 Å². The fraction of sp³-hybridized carbons (Fsp3) is 0.500. The van der Waals surface area contributed by atoms with Crippen LogP contribution in [0.15, 0.2) is 29.2 Å². The summed E-state index contributed by atoms with van der Waals surface area (Å²) in [6.07, 6.45) is 0.122. The molecule has 1 amide bonds. The second-order valence-corrected chi connectivity index (χ2v) is 7.78. The van der Waals surface area contributed by atoms with Crippen molar-refractivity contribution in [3.05, 3.63) is 24.3 Å². The second kappa shape index (κ2) is 6.55. The maximum Gasteiger partial charge on any atom is 0.242 e. The molecular weight excluding hydrogens is 290 g/mol. The van der Waals surface area contributed by atoms with E-state index in [9.17, 15) is 13.2 Å². The predicted octanol–water partition coefficient (Wildman–Crippen LogP) is 1.30. The summed E-state index contributed by atoms with van der Waals surface area (Å²) in [6.45, 7) is 5.85. The first kappa shape index (κ1) is 17.6. The lowest BCUT2D eigenvalue weighted by Crippen LogP contribution is -2.38. The summed E-state index contributed by atoms with van der Waals surface area (Å²) < 4.78 is 26.0. The summed E-state index contributed by atoms with van der Waals surface area (Å²) in [5, 5.41) is 2.62. The Hall–Kier alpha value is -1.44. The van der Waals surface area contributed by atoms with Crippen LogP contribution in [0.2, 0.25) is 0 Å². The molecule has 1 aromatic rings. The molecule has 1 unspecified atom stereocenters. The minimum atomic E-state index is -3.63. The zero-order valence-corrected chi connectivity index (χ0v) is 13.6. The van der Waals surface area contributed by atoms with Crippen molar-refractivity contribution in [1.82, 2.24) is 4.72 Å². The number of sulfonamides is 1. The molecule has 0 spiro atoms. The van der Waals surface area contributed by atoms with Gasteiger partial charge in [-0.3, -0.25) is 4.79 Å².